The maximum absolute atomic E-state index is 5.52. The molecule has 3 rings (SSSR count). The van der Waals surface area contributed by atoms with Gasteiger partial charge in [-0.3, -0.25) is 0 Å². The summed E-state index contributed by atoms with van der Waals surface area (Å²) in [5, 5.41) is 0. The Labute approximate surface area is 81.3 Å². The Hall–Kier alpha value is -1.26. The lowest BCUT2D eigenvalue weighted by Crippen LogP contribution is -2.34. The molecule has 2 heterocycles. The summed E-state index contributed by atoms with van der Waals surface area (Å²) in [5.41, 5.74) is 0. The van der Waals surface area contributed by atoms with E-state index in [0.29, 0.717) is 13.2 Å². The third kappa shape index (κ3) is 1.23. The molecule has 0 atom stereocenters. The van der Waals surface area contributed by atoms with Crippen molar-refractivity contribution in [3.63, 3.8) is 0 Å². The van der Waals surface area contributed by atoms with Crippen LogP contribution in [0.2, 0.25) is 0 Å². The number of benzene rings is 1. The second kappa shape index (κ2) is 3.15. The first kappa shape index (κ1) is 8.08. The molecule has 0 saturated carbocycles. The van der Waals surface area contributed by atoms with Crippen LogP contribution in [-0.2, 0) is 9.47 Å². The first-order valence-electron chi connectivity index (χ1n) is 4.59. The van der Waals surface area contributed by atoms with Gasteiger partial charge in [0.25, 0.3) is 6.29 Å². The Morgan fingerprint density at radius 2 is 1.43 bits per heavy atom. The van der Waals surface area contributed by atoms with Crippen molar-refractivity contribution in [1.82, 2.24) is 0 Å². The first-order chi connectivity index (χ1) is 6.93. The third-order valence-electron chi connectivity index (χ3n) is 2.21. The van der Waals surface area contributed by atoms with Gasteiger partial charge in [-0.2, -0.15) is 0 Å². The minimum Gasteiger partial charge on any atom is -0.446 e. The molecule has 14 heavy (non-hydrogen) atoms. The number of hydrogen-bond donors (Lipinski definition) is 0. The van der Waals surface area contributed by atoms with Crippen molar-refractivity contribution in [2.75, 3.05) is 13.2 Å². The quantitative estimate of drug-likeness (QED) is 0.672. The van der Waals surface area contributed by atoms with Crippen molar-refractivity contribution in [2.24, 2.45) is 0 Å². The van der Waals surface area contributed by atoms with E-state index in [1.165, 1.54) is 0 Å². The van der Waals surface area contributed by atoms with Crippen LogP contribution in [0, 0.1) is 0 Å². The highest BCUT2D eigenvalue weighted by atomic mass is 16.8. The van der Waals surface area contributed by atoms with E-state index < -0.39 is 12.6 Å². The van der Waals surface area contributed by atoms with E-state index in [1.807, 2.05) is 24.3 Å². The Morgan fingerprint density at radius 3 is 2.00 bits per heavy atom. The average molecular weight is 194 g/mol. The van der Waals surface area contributed by atoms with Crippen LogP contribution < -0.4 is 9.47 Å². The van der Waals surface area contributed by atoms with Gasteiger partial charge >= 0.3 is 0 Å². The fraction of sp³-hybridized carbons (Fsp3) is 0.400. The standard InChI is InChI=1S/C10H10O4/c1-2-4-8-7(3-1)13-10(14-8)9-11-5-6-12-9/h1-4,9-10H,5-6H2. The number of ether oxygens (including phenoxy) is 4. The minimum absolute atomic E-state index is 0.401. The monoisotopic (exact) mass is 194 g/mol. The topological polar surface area (TPSA) is 36.9 Å². The van der Waals surface area contributed by atoms with Gasteiger partial charge in [-0.1, -0.05) is 12.1 Å². The molecule has 74 valence electrons. The lowest BCUT2D eigenvalue weighted by molar-refractivity contribution is -0.164. The zero-order valence-electron chi connectivity index (χ0n) is 7.51. The lowest BCUT2D eigenvalue weighted by Gasteiger charge is -2.15. The third-order valence-corrected chi connectivity index (χ3v) is 2.21. The van der Waals surface area contributed by atoms with Gasteiger partial charge in [0.05, 0.1) is 13.2 Å². The summed E-state index contributed by atoms with van der Waals surface area (Å²) in [6, 6.07) is 7.54. The molecule has 4 heteroatoms. The highest BCUT2D eigenvalue weighted by molar-refractivity contribution is 5.41. The van der Waals surface area contributed by atoms with Gasteiger partial charge < -0.3 is 18.9 Å². The SMILES string of the molecule is c1ccc2c(c1)OC(C1OCCO1)O2. The molecule has 0 bridgehead atoms. The van der Waals surface area contributed by atoms with Crippen LogP contribution >= 0.6 is 0 Å². The molecular weight excluding hydrogens is 184 g/mol. The summed E-state index contributed by atoms with van der Waals surface area (Å²) in [6.07, 6.45) is -0.864. The fourth-order valence-electron chi connectivity index (χ4n) is 1.56. The lowest BCUT2D eigenvalue weighted by atomic mass is 10.3. The van der Waals surface area contributed by atoms with Gasteiger partial charge in [0.15, 0.2) is 11.5 Å². The highest BCUT2D eigenvalue weighted by Gasteiger charge is 2.35. The van der Waals surface area contributed by atoms with E-state index in [2.05, 4.69) is 0 Å². The smallest absolute Gasteiger partial charge is 0.292 e. The maximum atomic E-state index is 5.52. The van der Waals surface area contributed by atoms with E-state index >= 15 is 0 Å². The Balaban J connectivity index is 1.77. The molecule has 0 amide bonds. The van der Waals surface area contributed by atoms with Crippen LogP contribution in [0.1, 0.15) is 0 Å². The maximum Gasteiger partial charge on any atom is 0.292 e. The van der Waals surface area contributed by atoms with Crippen LogP contribution in [0.5, 0.6) is 11.5 Å². The largest absolute Gasteiger partial charge is 0.446 e. The van der Waals surface area contributed by atoms with Gasteiger partial charge in [-0.05, 0) is 12.1 Å². The van der Waals surface area contributed by atoms with E-state index in [9.17, 15) is 0 Å². The highest BCUT2D eigenvalue weighted by Crippen LogP contribution is 2.35. The van der Waals surface area contributed by atoms with Crippen molar-refractivity contribution in [1.29, 1.82) is 0 Å². The summed E-state index contributed by atoms with van der Waals surface area (Å²) < 4.78 is 21.6. The van der Waals surface area contributed by atoms with Crippen molar-refractivity contribution in [3.05, 3.63) is 24.3 Å². The minimum atomic E-state index is -0.463. The van der Waals surface area contributed by atoms with E-state index in [1.54, 1.807) is 0 Å². The van der Waals surface area contributed by atoms with E-state index in [-0.39, 0.29) is 0 Å². The van der Waals surface area contributed by atoms with Crippen molar-refractivity contribution in [3.8, 4) is 11.5 Å². The number of para-hydroxylation sites is 2. The molecule has 0 N–H and O–H groups in total. The van der Waals surface area contributed by atoms with Crippen molar-refractivity contribution in [2.45, 2.75) is 12.6 Å². The molecule has 2 aliphatic rings. The zero-order chi connectivity index (χ0) is 9.38. The van der Waals surface area contributed by atoms with E-state index in [0.717, 1.165) is 11.5 Å². The van der Waals surface area contributed by atoms with Crippen LogP contribution in [0.4, 0.5) is 0 Å². The summed E-state index contributed by atoms with van der Waals surface area (Å²) in [4.78, 5) is 0. The predicted molar refractivity (Wildman–Crippen MR) is 47.2 cm³/mol. The Morgan fingerprint density at radius 1 is 0.857 bits per heavy atom. The molecule has 1 fully saturated rings. The summed E-state index contributed by atoms with van der Waals surface area (Å²) >= 11 is 0. The molecule has 0 aromatic heterocycles. The van der Waals surface area contributed by atoms with Gasteiger partial charge in [0.1, 0.15) is 0 Å². The normalized spacial score (nSPS) is 21.7. The Bertz CT molecular complexity index is 308. The van der Waals surface area contributed by atoms with Gasteiger partial charge in [-0.15, -0.1) is 0 Å². The van der Waals surface area contributed by atoms with Gasteiger partial charge in [-0.25, -0.2) is 0 Å². The molecule has 0 aliphatic carbocycles. The van der Waals surface area contributed by atoms with Crippen LogP contribution in [0.3, 0.4) is 0 Å². The molecule has 0 unspecified atom stereocenters. The van der Waals surface area contributed by atoms with Crippen molar-refractivity contribution < 1.29 is 18.9 Å². The Kier molecular flexibility index (Phi) is 1.82. The number of rotatable bonds is 1. The van der Waals surface area contributed by atoms with Crippen molar-refractivity contribution >= 4 is 0 Å². The molecule has 1 aromatic carbocycles. The molecule has 1 aromatic rings. The van der Waals surface area contributed by atoms with Gasteiger partial charge in [0, 0.05) is 0 Å². The molecule has 4 nitrogen and oxygen atoms in total. The van der Waals surface area contributed by atoms with Crippen LogP contribution in [0.15, 0.2) is 24.3 Å². The molecule has 1 saturated heterocycles. The zero-order valence-corrected chi connectivity index (χ0v) is 7.51. The second-order valence-electron chi connectivity index (χ2n) is 3.16. The number of hydrogen-bond acceptors (Lipinski definition) is 4. The average Bonchev–Trinajstić information content (AvgIpc) is 2.86. The van der Waals surface area contributed by atoms with Crippen LogP contribution in [-0.4, -0.2) is 25.8 Å². The summed E-state index contributed by atoms with van der Waals surface area (Å²) in [7, 11) is 0. The fourth-order valence-corrected chi connectivity index (χ4v) is 1.56. The molecule has 0 spiro atoms. The predicted octanol–water partition coefficient (Wildman–Crippen LogP) is 1.16. The second-order valence-corrected chi connectivity index (χ2v) is 3.16. The van der Waals surface area contributed by atoms with Crippen LogP contribution in [0.25, 0.3) is 0 Å². The summed E-state index contributed by atoms with van der Waals surface area (Å²) in [5.74, 6) is 1.49. The summed E-state index contributed by atoms with van der Waals surface area (Å²) in [6.45, 7) is 1.20. The first-order valence-corrected chi connectivity index (χ1v) is 4.59. The molecular formula is C10H10O4. The number of fused-ring (bicyclic) bond motifs is 1. The van der Waals surface area contributed by atoms with Gasteiger partial charge in [0.2, 0.25) is 6.29 Å². The van der Waals surface area contributed by atoms with E-state index in [4.69, 9.17) is 18.9 Å². The molecule has 2 aliphatic heterocycles. The molecule has 0 radical (unpaired) electrons.